The SMILES string of the molecule is NC(=O)CONC(=O)CCc1c[nH]c2ccccc12. The third kappa shape index (κ3) is 3.56. The monoisotopic (exact) mass is 261 g/mol. The largest absolute Gasteiger partial charge is 0.368 e. The van der Waals surface area contributed by atoms with Crippen LogP contribution in [-0.2, 0) is 20.8 Å². The standard InChI is InChI=1S/C13H15N3O3/c14-12(17)8-19-16-13(18)6-5-9-7-15-11-4-2-1-3-10(9)11/h1-4,7,15H,5-6,8H2,(H2,14,17)(H,16,18). The Balaban J connectivity index is 1.85. The summed E-state index contributed by atoms with van der Waals surface area (Å²) in [6.45, 7) is -0.321. The molecule has 6 heteroatoms. The van der Waals surface area contributed by atoms with Gasteiger partial charge in [-0.25, -0.2) is 5.48 Å². The van der Waals surface area contributed by atoms with Crippen molar-refractivity contribution in [2.75, 3.05) is 6.61 Å². The minimum absolute atomic E-state index is 0.278. The average Bonchev–Trinajstić information content (AvgIpc) is 2.79. The van der Waals surface area contributed by atoms with Crippen molar-refractivity contribution < 1.29 is 14.4 Å². The molecule has 6 nitrogen and oxygen atoms in total. The zero-order valence-corrected chi connectivity index (χ0v) is 10.3. The van der Waals surface area contributed by atoms with Gasteiger partial charge in [0.25, 0.3) is 0 Å². The van der Waals surface area contributed by atoms with Gasteiger partial charge < -0.3 is 10.7 Å². The zero-order valence-electron chi connectivity index (χ0n) is 10.3. The van der Waals surface area contributed by atoms with Crippen LogP contribution in [0, 0.1) is 0 Å². The number of nitrogens with one attached hydrogen (secondary N) is 2. The molecule has 0 aliphatic heterocycles. The number of aryl methyl sites for hydroxylation is 1. The van der Waals surface area contributed by atoms with Crippen LogP contribution in [0.4, 0.5) is 0 Å². The van der Waals surface area contributed by atoms with Crippen LogP contribution in [0.2, 0.25) is 0 Å². The van der Waals surface area contributed by atoms with Gasteiger partial charge in [0, 0.05) is 23.5 Å². The van der Waals surface area contributed by atoms with Gasteiger partial charge in [0.1, 0.15) is 0 Å². The maximum absolute atomic E-state index is 11.5. The van der Waals surface area contributed by atoms with Crippen molar-refractivity contribution >= 4 is 22.7 Å². The number of aromatic nitrogens is 1. The first-order chi connectivity index (χ1) is 9.16. The average molecular weight is 261 g/mol. The third-order valence-electron chi connectivity index (χ3n) is 2.70. The van der Waals surface area contributed by atoms with Crippen LogP contribution in [0.25, 0.3) is 10.9 Å². The number of hydroxylamine groups is 1. The van der Waals surface area contributed by atoms with Crippen LogP contribution in [0.15, 0.2) is 30.5 Å². The summed E-state index contributed by atoms with van der Waals surface area (Å²) in [7, 11) is 0. The summed E-state index contributed by atoms with van der Waals surface area (Å²) >= 11 is 0. The molecule has 4 N–H and O–H groups in total. The number of hydrogen-bond donors (Lipinski definition) is 3. The molecule has 1 aromatic heterocycles. The van der Waals surface area contributed by atoms with Gasteiger partial charge in [-0.2, -0.15) is 0 Å². The molecule has 0 fully saturated rings. The highest BCUT2D eigenvalue weighted by Gasteiger charge is 2.07. The van der Waals surface area contributed by atoms with E-state index in [1.54, 1.807) is 0 Å². The highest BCUT2D eigenvalue weighted by Crippen LogP contribution is 2.18. The lowest BCUT2D eigenvalue weighted by Gasteiger charge is -2.03. The molecule has 2 amide bonds. The first-order valence-electron chi connectivity index (χ1n) is 5.91. The van der Waals surface area contributed by atoms with E-state index in [4.69, 9.17) is 5.73 Å². The number of fused-ring (bicyclic) bond motifs is 1. The summed E-state index contributed by atoms with van der Waals surface area (Å²) in [4.78, 5) is 29.6. The predicted molar refractivity (Wildman–Crippen MR) is 69.9 cm³/mol. The van der Waals surface area contributed by atoms with Crippen molar-refractivity contribution in [3.8, 4) is 0 Å². The second kappa shape index (κ2) is 6.01. The molecule has 0 aliphatic rings. The fraction of sp³-hybridized carbons (Fsp3) is 0.231. The van der Waals surface area contributed by atoms with Gasteiger partial charge in [0.2, 0.25) is 11.8 Å². The molecule has 100 valence electrons. The van der Waals surface area contributed by atoms with Gasteiger partial charge in [0.15, 0.2) is 6.61 Å². The molecule has 0 radical (unpaired) electrons. The molecule has 2 aromatic rings. The summed E-state index contributed by atoms with van der Waals surface area (Å²) in [5.74, 6) is -0.913. The van der Waals surface area contributed by atoms with Crippen LogP contribution in [0.3, 0.4) is 0 Å². The Morgan fingerprint density at radius 1 is 1.32 bits per heavy atom. The highest BCUT2D eigenvalue weighted by atomic mass is 16.7. The van der Waals surface area contributed by atoms with Crippen molar-refractivity contribution in [2.45, 2.75) is 12.8 Å². The van der Waals surface area contributed by atoms with E-state index in [2.05, 4.69) is 15.3 Å². The molecule has 1 heterocycles. The van der Waals surface area contributed by atoms with Crippen molar-refractivity contribution in [3.63, 3.8) is 0 Å². The van der Waals surface area contributed by atoms with E-state index in [1.165, 1.54) is 0 Å². The van der Waals surface area contributed by atoms with E-state index in [9.17, 15) is 9.59 Å². The molecule has 0 saturated carbocycles. The van der Waals surface area contributed by atoms with E-state index < -0.39 is 5.91 Å². The topological polar surface area (TPSA) is 97.2 Å². The number of carbonyl (C=O) groups excluding carboxylic acids is 2. The maximum atomic E-state index is 11.5. The first kappa shape index (κ1) is 13.1. The Labute approximate surface area is 109 Å². The van der Waals surface area contributed by atoms with E-state index in [1.807, 2.05) is 30.5 Å². The number of para-hydroxylation sites is 1. The molecule has 0 saturated heterocycles. The number of rotatable bonds is 6. The van der Waals surface area contributed by atoms with Gasteiger partial charge in [-0.3, -0.25) is 14.4 Å². The Kier molecular flexibility index (Phi) is 4.15. The molecule has 19 heavy (non-hydrogen) atoms. The van der Waals surface area contributed by atoms with Crippen LogP contribution < -0.4 is 11.2 Å². The van der Waals surface area contributed by atoms with Crippen molar-refractivity contribution in [2.24, 2.45) is 5.73 Å². The Hall–Kier alpha value is -2.34. The van der Waals surface area contributed by atoms with Crippen LogP contribution in [-0.4, -0.2) is 23.4 Å². The molecule has 0 atom stereocenters. The minimum atomic E-state index is -0.628. The lowest BCUT2D eigenvalue weighted by atomic mass is 10.1. The number of amides is 2. The molecular formula is C13H15N3O3. The van der Waals surface area contributed by atoms with Crippen LogP contribution >= 0.6 is 0 Å². The van der Waals surface area contributed by atoms with Gasteiger partial charge >= 0.3 is 0 Å². The normalized spacial score (nSPS) is 10.5. The number of carbonyl (C=O) groups is 2. The number of hydrogen-bond acceptors (Lipinski definition) is 3. The van der Waals surface area contributed by atoms with Crippen molar-refractivity contribution in [1.29, 1.82) is 0 Å². The quantitative estimate of drug-likeness (QED) is 0.665. The second-order valence-electron chi connectivity index (χ2n) is 4.14. The molecule has 0 aliphatic carbocycles. The summed E-state index contributed by atoms with van der Waals surface area (Å²) < 4.78 is 0. The predicted octanol–water partition coefficient (Wildman–Crippen LogP) is 0.634. The van der Waals surface area contributed by atoms with E-state index in [-0.39, 0.29) is 18.9 Å². The number of aromatic amines is 1. The molecule has 2 rings (SSSR count). The van der Waals surface area contributed by atoms with E-state index in [0.29, 0.717) is 6.42 Å². The highest BCUT2D eigenvalue weighted by molar-refractivity contribution is 5.84. The number of benzene rings is 1. The van der Waals surface area contributed by atoms with Gasteiger partial charge in [-0.05, 0) is 18.1 Å². The molecule has 0 unspecified atom stereocenters. The summed E-state index contributed by atoms with van der Waals surface area (Å²) in [5, 5.41) is 1.10. The smallest absolute Gasteiger partial charge is 0.246 e. The third-order valence-corrected chi connectivity index (χ3v) is 2.70. The lowest BCUT2D eigenvalue weighted by Crippen LogP contribution is -2.29. The minimum Gasteiger partial charge on any atom is -0.368 e. The van der Waals surface area contributed by atoms with Crippen LogP contribution in [0.5, 0.6) is 0 Å². The summed E-state index contributed by atoms with van der Waals surface area (Å²) in [6, 6.07) is 7.89. The zero-order chi connectivity index (χ0) is 13.7. The van der Waals surface area contributed by atoms with E-state index >= 15 is 0 Å². The maximum Gasteiger partial charge on any atom is 0.246 e. The Bertz CT molecular complexity index is 592. The fourth-order valence-corrected chi connectivity index (χ4v) is 1.83. The fourth-order valence-electron chi connectivity index (χ4n) is 1.83. The molecule has 1 aromatic carbocycles. The number of H-pyrrole nitrogens is 1. The van der Waals surface area contributed by atoms with Crippen molar-refractivity contribution in [3.05, 3.63) is 36.0 Å². The number of nitrogens with two attached hydrogens (primary N) is 1. The molecule has 0 spiro atoms. The molecule has 0 bridgehead atoms. The number of primary amides is 1. The summed E-state index contributed by atoms with van der Waals surface area (Å²) in [6.07, 6.45) is 2.76. The lowest BCUT2D eigenvalue weighted by molar-refractivity contribution is -0.137. The Morgan fingerprint density at radius 3 is 2.89 bits per heavy atom. The molecular weight excluding hydrogens is 246 g/mol. The van der Waals surface area contributed by atoms with Gasteiger partial charge in [-0.15, -0.1) is 0 Å². The van der Waals surface area contributed by atoms with Crippen LogP contribution in [0.1, 0.15) is 12.0 Å². The first-order valence-corrected chi connectivity index (χ1v) is 5.91. The summed E-state index contributed by atoms with van der Waals surface area (Å²) in [5.41, 5.74) is 9.16. The van der Waals surface area contributed by atoms with E-state index in [0.717, 1.165) is 16.5 Å². The van der Waals surface area contributed by atoms with Gasteiger partial charge in [-0.1, -0.05) is 18.2 Å². The van der Waals surface area contributed by atoms with Gasteiger partial charge in [0.05, 0.1) is 0 Å². The second-order valence-corrected chi connectivity index (χ2v) is 4.14. The van der Waals surface area contributed by atoms with Crippen molar-refractivity contribution in [1.82, 2.24) is 10.5 Å². The Morgan fingerprint density at radius 2 is 2.11 bits per heavy atom.